The Morgan fingerprint density at radius 3 is 2.35 bits per heavy atom. The van der Waals surface area contributed by atoms with Crippen molar-refractivity contribution in [3.8, 4) is 0 Å². The Morgan fingerprint density at radius 1 is 1.10 bits per heavy atom. The molecule has 0 saturated heterocycles. The molecule has 0 amide bonds. The second kappa shape index (κ2) is 6.90. The highest BCUT2D eigenvalue weighted by molar-refractivity contribution is 7.78. The quantitative estimate of drug-likeness (QED) is 0.422. The largest absolute Gasteiger partial charge is 0.205 e. The highest BCUT2D eigenvalue weighted by Gasteiger charge is 2.00. The number of rotatable bonds is 4. The number of benzene rings is 2. The molecule has 0 aliphatic carbocycles. The van der Waals surface area contributed by atoms with Gasteiger partial charge in [-0.15, -0.1) is 0 Å². The Balaban J connectivity index is 2.18. The minimum Gasteiger partial charge on any atom is -0.205 e. The lowest BCUT2D eigenvalue weighted by molar-refractivity contribution is 0.630. The van der Waals surface area contributed by atoms with E-state index in [2.05, 4.69) is 53.6 Å². The molecule has 0 aliphatic rings. The molecular weight excluding hydrogens is 269 g/mol. The van der Waals surface area contributed by atoms with Crippen molar-refractivity contribution in [3.05, 3.63) is 65.0 Å². The van der Waals surface area contributed by atoms with Crippen molar-refractivity contribution in [1.82, 2.24) is 0 Å². The van der Waals surface area contributed by atoms with Gasteiger partial charge in [0.2, 0.25) is 0 Å². The number of halogens is 1. The van der Waals surface area contributed by atoms with Crippen LogP contribution in [0, 0.1) is 5.82 Å². The van der Waals surface area contributed by atoms with Gasteiger partial charge in [-0.3, -0.25) is 0 Å². The van der Waals surface area contributed by atoms with E-state index in [1.165, 1.54) is 11.6 Å². The van der Waals surface area contributed by atoms with Gasteiger partial charge >= 0.3 is 0 Å². The third-order valence-electron chi connectivity index (χ3n) is 2.99. The van der Waals surface area contributed by atoms with Crippen LogP contribution in [0.3, 0.4) is 0 Å². The van der Waals surface area contributed by atoms with E-state index in [0.29, 0.717) is 0 Å². The molecule has 20 heavy (non-hydrogen) atoms. The van der Waals surface area contributed by atoms with Gasteiger partial charge in [-0.1, -0.05) is 49.4 Å². The van der Waals surface area contributed by atoms with Crippen LogP contribution in [0.15, 0.2) is 47.5 Å². The smallest absolute Gasteiger partial charge is 0.150 e. The molecule has 0 spiro atoms. The van der Waals surface area contributed by atoms with Crippen molar-refractivity contribution in [2.75, 3.05) is 0 Å². The van der Waals surface area contributed by atoms with Crippen LogP contribution >= 0.6 is 12.2 Å². The Morgan fingerprint density at radius 2 is 1.75 bits per heavy atom. The fourth-order valence-electron chi connectivity index (χ4n) is 1.82. The molecule has 0 unspecified atom stereocenters. The van der Waals surface area contributed by atoms with Crippen LogP contribution in [0.25, 0.3) is 12.2 Å². The highest BCUT2D eigenvalue weighted by Crippen LogP contribution is 2.19. The molecule has 100 valence electrons. The van der Waals surface area contributed by atoms with E-state index >= 15 is 0 Å². The number of thiocarbonyl (C=S) groups is 1. The predicted molar refractivity (Wildman–Crippen MR) is 85.8 cm³/mol. The first-order valence-corrected chi connectivity index (χ1v) is 6.78. The van der Waals surface area contributed by atoms with Crippen LogP contribution in [0.5, 0.6) is 0 Å². The molecule has 0 bridgehead atoms. The van der Waals surface area contributed by atoms with Crippen LogP contribution in [-0.2, 0) is 6.42 Å². The molecule has 2 aromatic rings. The molecule has 1 nitrogen and oxygen atoms in total. The lowest BCUT2D eigenvalue weighted by Crippen LogP contribution is -1.80. The molecule has 0 N–H and O–H groups in total. The molecule has 0 radical (unpaired) electrons. The van der Waals surface area contributed by atoms with Gasteiger partial charge in [0.25, 0.3) is 0 Å². The van der Waals surface area contributed by atoms with Gasteiger partial charge in [0.05, 0.1) is 5.16 Å². The molecule has 0 fully saturated rings. The predicted octanol–water partition coefficient (Wildman–Crippen LogP) is 5.29. The molecule has 0 saturated carbocycles. The zero-order valence-electron chi connectivity index (χ0n) is 11.1. The minimum atomic E-state index is -0.397. The lowest BCUT2D eigenvalue weighted by Gasteiger charge is -1.99. The highest BCUT2D eigenvalue weighted by atomic mass is 32.1. The first-order chi connectivity index (χ1) is 9.72. The normalized spacial score (nSPS) is 10.5. The van der Waals surface area contributed by atoms with Gasteiger partial charge in [-0.25, -0.2) is 4.39 Å². The van der Waals surface area contributed by atoms with Crippen molar-refractivity contribution in [3.63, 3.8) is 0 Å². The number of aliphatic imine (C=N–C) groups is 1. The zero-order chi connectivity index (χ0) is 14.4. The Kier molecular flexibility index (Phi) is 4.94. The van der Waals surface area contributed by atoms with Gasteiger partial charge in [0.1, 0.15) is 11.5 Å². The van der Waals surface area contributed by atoms with E-state index in [4.69, 9.17) is 0 Å². The lowest BCUT2D eigenvalue weighted by atomic mass is 10.1. The molecule has 2 aromatic carbocycles. The number of aryl methyl sites for hydroxylation is 1. The van der Waals surface area contributed by atoms with E-state index in [1.54, 1.807) is 12.1 Å². The topological polar surface area (TPSA) is 12.4 Å². The molecule has 0 heterocycles. The maximum atomic E-state index is 13.6. The summed E-state index contributed by atoms with van der Waals surface area (Å²) >= 11 is 4.46. The zero-order valence-corrected chi connectivity index (χ0v) is 12.0. The Bertz CT molecular complexity index is 668. The Hall–Kier alpha value is -2.09. The molecule has 3 heteroatoms. The van der Waals surface area contributed by atoms with Crippen LogP contribution in [0.4, 0.5) is 10.1 Å². The van der Waals surface area contributed by atoms with Crippen molar-refractivity contribution >= 4 is 35.2 Å². The third-order valence-corrected chi connectivity index (χ3v) is 3.09. The maximum Gasteiger partial charge on any atom is 0.150 e. The minimum absolute atomic E-state index is 0.212. The number of hydrogen-bond acceptors (Lipinski definition) is 2. The Labute approximate surface area is 123 Å². The van der Waals surface area contributed by atoms with E-state index < -0.39 is 5.82 Å². The molecule has 0 atom stereocenters. The van der Waals surface area contributed by atoms with E-state index in [9.17, 15) is 4.39 Å². The number of hydrogen-bond donors (Lipinski definition) is 0. The SMILES string of the molecule is CCc1ccc(C=Cc2ccc(N=C=S)c(F)c2)cc1. The summed E-state index contributed by atoms with van der Waals surface area (Å²) in [6.45, 7) is 2.12. The second-order valence-corrected chi connectivity index (χ2v) is 4.52. The van der Waals surface area contributed by atoms with Crippen LogP contribution in [-0.4, -0.2) is 5.16 Å². The summed E-state index contributed by atoms with van der Waals surface area (Å²) in [4.78, 5) is 3.65. The molecule has 0 aromatic heterocycles. The monoisotopic (exact) mass is 283 g/mol. The summed E-state index contributed by atoms with van der Waals surface area (Å²) in [6, 6.07) is 13.1. The van der Waals surface area contributed by atoms with Crippen LogP contribution in [0.1, 0.15) is 23.6 Å². The van der Waals surface area contributed by atoms with Crippen molar-refractivity contribution in [2.24, 2.45) is 4.99 Å². The van der Waals surface area contributed by atoms with Crippen LogP contribution < -0.4 is 0 Å². The summed E-state index contributed by atoms with van der Waals surface area (Å²) in [5.74, 6) is -0.397. The van der Waals surface area contributed by atoms with Gasteiger partial charge in [0.15, 0.2) is 0 Å². The fraction of sp³-hybridized carbons (Fsp3) is 0.118. The van der Waals surface area contributed by atoms with Gasteiger partial charge in [0, 0.05) is 0 Å². The summed E-state index contributed by atoms with van der Waals surface area (Å²) in [6.07, 6.45) is 4.85. The van der Waals surface area contributed by atoms with E-state index in [0.717, 1.165) is 17.5 Å². The summed E-state index contributed by atoms with van der Waals surface area (Å²) in [5, 5.41) is 2.16. The molecular formula is C17H14FNS. The summed E-state index contributed by atoms with van der Waals surface area (Å²) in [5.41, 5.74) is 3.38. The second-order valence-electron chi connectivity index (χ2n) is 4.34. The van der Waals surface area contributed by atoms with Gasteiger partial charge in [-0.05, 0) is 47.5 Å². The van der Waals surface area contributed by atoms with Crippen molar-refractivity contribution in [1.29, 1.82) is 0 Å². The van der Waals surface area contributed by atoms with Gasteiger partial charge < -0.3 is 0 Å². The maximum absolute atomic E-state index is 13.6. The molecule has 2 rings (SSSR count). The first kappa shape index (κ1) is 14.3. The summed E-state index contributed by atoms with van der Waals surface area (Å²) in [7, 11) is 0. The first-order valence-electron chi connectivity index (χ1n) is 6.37. The van der Waals surface area contributed by atoms with Gasteiger partial charge in [-0.2, -0.15) is 4.99 Å². The number of nitrogens with zero attached hydrogens (tertiary/aromatic N) is 1. The fourth-order valence-corrected chi connectivity index (χ4v) is 1.92. The number of isothiocyanates is 1. The van der Waals surface area contributed by atoms with Crippen molar-refractivity contribution < 1.29 is 4.39 Å². The van der Waals surface area contributed by atoms with E-state index in [-0.39, 0.29) is 5.69 Å². The summed E-state index contributed by atoms with van der Waals surface area (Å²) < 4.78 is 13.6. The average Bonchev–Trinajstić information content (AvgIpc) is 2.48. The average molecular weight is 283 g/mol. The standard InChI is InChI=1S/C17H14FNS/c1-2-13-3-5-14(6-4-13)7-8-15-9-10-17(19-12-20)16(18)11-15/h3-11H,2H2,1H3. The molecule has 0 aliphatic heterocycles. The van der Waals surface area contributed by atoms with Crippen LogP contribution in [0.2, 0.25) is 0 Å². The van der Waals surface area contributed by atoms with Crippen molar-refractivity contribution in [2.45, 2.75) is 13.3 Å². The third kappa shape index (κ3) is 3.70. The van der Waals surface area contributed by atoms with E-state index in [1.807, 2.05) is 12.2 Å².